The minimum Gasteiger partial charge on any atom is -0.384 e. The first kappa shape index (κ1) is 14.8. The molecular weight excluding hydrogens is 294 g/mol. The van der Waals surface area contributed by atoms with Crippen molar-refractivity contribution >= 4 is 34.7 Å². The van der Waals surface area contributed by atoms with Gasteiger partial charge in [0.2, 0.25) is 0 Å². The van der Waals surface area contributed by atoms with Gasteiger partial charge >= 0.3 is 0 Å². The summed E-state index contributed by atoms with van der Waals surface area (Å²) in [6.07, 6.45) is 1.39. The van der Waals surface area contributed by atoms with Gasteiger partial charge in [0.15, 0.2) is 0 Å². The van der Waals surface area contributed by atoms with Gasteiger partial charge < -0.3 is 11.1 Å². The number of aromatic nitrogens is 1. The topological polar surface area (TPSA) is 68.0 Å². The number of nitrogens with two attached hydrogens (primary N) is 1. The number of hydrogen-bond acceptors (Lipinski definition) is 4. The van der Waals surface area contributed by atoms with E-state index in [9.17, 15) is 4.79 Å². The van der Waals surface area contributed by atoms with Crippen LogP contribution in [0.25, 0.3) is 0 Å². The molecule has 106 valence electrons. The first-order valence-electron chi connectivity index (χ1n) is 6.13. The Morgan fingerprint density at radius 2 is 2.30 bits per heavy atom. The molecule has 0 saturated carbocycles. The van der Waals surface area contributed by atoms with Crippen molar-refractivity contribution in [2.24, 2.45) is 0 Å². The number of pyridine rings is 1. The Morgan fingerprint density at radius 1 is 1.55 bits per heavy atom. The smallest absolute Gasteiger partial charge is 0.253 e. The fraction of sp³-hybridized carbons (Fsp3) is 0.286. The molecule has 6 heteroatoms. The molecule has 20 heavy (non-hydrogen) atoms. The Bertz CT molecular complexity index is 611. The van der Waals surface area contributed by atoms with E-state index in [0.29, 0.717) is 17.1 Å². The normalized spacial score (nSPS) is 11.3. The van der Waals surface area contributed by atoms with Crippen LogP contribution in [-0.4, -0.2) is 17.4 Å². The van der Waals surface area contributed by atoms with Crippen LogP contribution in [0.4, 0.5) is 5.82 Å². The van der Waals surface area contributed by atoms with Crippen LogP contribution in [0.5, 0.6) is 0 Å². The molecule has 2 rings (SSSR count). The van der Waals surface area contributed by atoms with E-state index in [0.717, 1.165) is 0 Å². The molecular formula is C14H16ClN3OS. The van der Waals surface area contributed by atoms with Gasteiger partial charge in [-0.05, 0) is 17.5 Å². The number of anilines is 1. The molecule has 0 bridgehead atoms. The Balaban J connectivity index is 2.07. The van der Waals surface area contributed by atoms with Crippen molar-refractivity contribution in [3.63, 3.8) is 0 Å². The number of halogens is 1. The number of carbonyl (C=O) groups is 1. The summed E-state index contributed by atoms with van der Waals surface area (Å²) < 4.78 is 0. The van der Waals surface area contributed by atoms with E-state index in [1.165, 1.54) is 17.1 Å². The highest BCUT2D eigenvalue weighted by molar-refractivity contribution is 7.10. The number of rotatable bonds is 4. The van der Waals surface area contributed by atoms with Gasteiger partial charge in [-0.1, -0.05) is 31.5 Å². The van der Waals surface area contributed by atoms with Gasteiger partial charge in [0.1, 0.15) is 5.82 Å². The van der Waals surface area contributed by atoms with Crippen LogP contribution in [0.1, 0.15) is 29.1 Å². The van der Waals surface area contributed by atoms with E-state index in [-0.39, 0.29) is 17.1 Å². The van der Waals surface area contributed by atoms with Crippen molar-refractivity contribution in [2.75, 3.05) is 12.3 Å². The van der Waals surface area contributed by atoms with E-state index in [1.54, 1.807) is 11.3 Å². The number of nitrogens with one attached hydrogen (secondary N) is 1. The van der Waals surface area contributed by atoms with Gasteiger partial charge in [-0.25, -0.2) is 4.98 Å². The number of thiophene rings is 1. The number of nitrogen functional groups attached to an aromatic ring is 1. The molecule has 0 aliphatic heterocycles. The SMILES string of the molecule is CC(C)(CNC(=O)c1cc(N)ncc1Cl)c1cccs1. The summed E-state index contributed by atoms with van der Waals surface area (Å²) in [5.41, 5.74) is 5.79. The van der Waals surface area contributed by atoms with Gasteiger partial charge in [0.25, 0.3) is 5.91 Å². The second-order valence-electron chi connectivity index (χ2n) is 5.13. The van der Waals surface area contributed by atoms with Crippen LogP contribution in [0.2, 0.25) is 5.02 Å². The van der Waals surface area contributed by atoms with Crippen LogP contribution in [0, 0.1) is 0 Å². The largest absolute Gasteiger partial charge is 0.384 e. The lowest BCUT2D eigenvalue weighted by Crippen LogP contribution is -2.36. The average Bonchev–Trinajstić information content (AvgIpc) is 2.93. The second kappa shape index (κ2) is 5.81. The zero-order valence-corrected chi connectivity index (χ0v) is 12.9. The van der Waals surface area contributed by atoms with Crippen molar-refractivity contribution in [2.45, 2.75) is 19.3 Å². The van der Waals surface area contributed by atoms with Crippen molar-refractivity contribution < 1.29 is 4.79 Å². The molecule has 0 radical (unpaired) electrons. The lowest BCUT2D eigenvalue weighted by atomic mass is 9.91. The molecule has 0 atom stereocenters. The van der Waals surface area contributed by atoms with E-state index in [4.69, 9.17) is 17.3 Å². The summed E-state index contributed by atoms with van der Waals surface area (Å²) in [4.78, 5) is 17.2. The molecule has 2 aromatic heterocycles. The van der Waals surface area contributed by atoms with Crippen molar-refractivity contribution in [3.8, 4) is 0 Å². The predicted molar refractivity (Wildman–Crippen MR) is 83.3 cm³/mol. The molecule has 0 aliphatic carbocycles. The maximum atomic E-state index is 12.2. The van der Waals surface area contributed by atoms with E-state index in [1.807, 2.05) is 11.4 Å². The second-order valence-corrected chi connectivity index (χ2v) is 6.49. The maximum Gasteiger partial charge on any atom is 0.253 e. The van der Waals surface area contributed by atoms with E-state index in [2.05, 4.69) is 30.2 Å². The highest BCUT2D eigenvalue weighted by Gasteiger charge is 2.23. The highest BCUT2D eigenvalue weighted by Crippen LogP contribution is 2.27. The minimum atomic E-state index is -0.242. The summed E-state index contributed by atoms with van der Waals surface area (Å²) in [5, 5.41) is 5.22. The van der Waals surface area contributed by atoms with Gasteiger partial charge in [-0.3, -0.25) is 4.79 Å². The van der Waals surface area contributed by atoms with E-state index < -0.39 is 0 Å². The lowest BCUT2D eigenvalue weighted by Gasteiger charge is -2.23. The molecule has 0 spiro atoms. The van der Waals surface area contributed by atoms with Crippen LogP contribution in [0.3, 0.4) is 0 Å². The molecule has 0 unspecified atom stereocenters. The molecule has 0 aromatic carbocycles. The van der Waals surface area contributed by atoms with Crippen LogP contribution >= 0.6 is 22.9 Å². The summed E-state index contributed by atoms with van der Waals surface area (Å²) in [6, 6.07) is 5.55. The molecule has 2 aromatic rings. The predicted octanol–water partition coefficient (Wildman–Crippen LogP) is 3.09. The summed E-state index contributed by atoms with van der Waals surface area (Å²) in [6.45, 7) is 4.69. The summed E-state index contributed by atoms with van der Waals surface area (Å²) in [7, 11) is 0. The van der Waals surface area contributed by atoms with Crippen molar-refractivity contribution in [1.82, 2.24) is 10.3 Å². The van der Waals surface area contributed by atoms with Crippen LogP contribution < -0.4 is 11.1 Å². The fourth-order valence-corrected chi connectivity index (χ4v) is 2.82. The van der Waals surface area contributed by atoms with Gasteiger partial charge in [0.05, 0.1) is 10.6 Å². The monoisotopic (exact) mass is 309 g/mol. The van der Waals surface area contributed by atoms with E-state index >= 15 is 0 Å². The molecule has 4 nitrogen and oxygen atoms in total. The third-order valence-electron chi connectivity index (χ3n) is 3.00. The Hall–Kier alpha value is -1.59. The summed E-state index contributed by atoms with van der Waals surface area (Å²) >= 11 is 7.64. The third-order valence-corrected chi connectivity index (χ3v) is 4.54. The first-order chi connectivity index (χ1) is 9.40. The van der Waals surface area contributed by atoms with Gasteiger partial charge in [-0.2, -0.15) is 0 Å². The van der Waals surface area contributed by atoms with Crippen molar-refractivity contribution in [1.29, 1.82) is 0 Å². The number of nitrogens with zero attached hydrogens (tertiary/aromatic N) is 1. The molecule has 0 fully saturated rings. The van der Waals surface area contributed by atoms with Crippen LogP contribution in [-0.2, 0) is 5.41 Å². The summed E-state index contributed by atoms with van der Waals surface area (Å²) in [5.74, 6) is 0.0331. The van der Waals surface area contributed by atoms with Crippen molar-refractivity contribution in [3.05, 3.63) is 45.2 Å². The molecule has 0 aliphatic rings. The van der Waals surface area contributed by atoms with Gasteiger partial charge in [0, 0.05) is 23.0 Å². The number of hydrogen-bond donors (Lipinski definition) is 2. The molecule has 2 heterocycles. The number of amides is 1. The lowest BCUT2D eigenvalue weighted by molar-refractivity contribution is 0.0946. The molecule has 3 N–H and O–H groups in total. The first-order valence-corrected chi connectivity index (χ1v) is 7.39. The standard InChI is InChI=1S/C14H16ClN3OS/c1-14(2,11-4-3-5-20-11)8-18-13(19)9-6-12(16)17-7-10(9)15/h3-7H,8H2,1-2H3,(H2,16,17)(H,18,19). The zero-order valence-electron chi connectivity index (χ0n) is 11.3. The highest BCUT2D eigenvalue weighted by atomic mass is 35.5. The average molecular weight is 310 g/mol. The zero-order chi connectivity index (χ0) is 14.8. The Kier molecular flexibility index (Phi) is 4.30. The minimum absolute atomic E-state index is 0.130. The Labute approximate surface area is 127 Å². The molecule has 0 saturated heterocycles. The maximum absolute atomic E-state index is 12.2. The third kappa shape index (κ3) is 3.29. The number of carbonyl (C=O) groups excluding carboxylic acids is 1. The van der Waals surface area contributed by atoms with Gasteiger partial charge in [-0.15, -0.1) is 11.3 Å². The van der Waals surface area contributed by atoms with Crippen LogP contribution in [0.15, 0.2) is 29.8 Å². The Morgan fingerprint density at radius 3 is 2.95 bits per heavy atom. The quantitative estimate of drug-likeness (QED) is 0.912. The molecule has 1 amide bonds. The fourth-order valence-electron chi connectivity index (χ4n) is 1.78.